The smallest absolute Gasteiger partial charge is 0.260 e. The van der Waals surface area contributed by atoms with Gasteiger partial charge in [-0.2, -0.15) is 0 Å². The van der Waals surface area contributed by atoms with E-state index in [1.807, 2.05) is 0 Å². The maximum absolute atomic E-state index is 11.9. The highest BCUT2D eigenvalue weighted by molar-refractivity contribution is 7.89. The Balaban J connectivity index is 2.05. The number of aromatic nitrogens is 2. The molecule has 0 atom stereocenters. The second-order valence-corrected chi connectivity index (χ2v) is 5.86. The molecule has 3 N–H and O–H groups in total. The van der Waals surface area contributed by atoms with Crippen molar-refractivity contribution in [2.24, 2.45) is 13.0 Å². The maximum Gasteiger partial charge on any atom is 0.260 e. The zero-order valence-corrected chi connectivity index (χ0v) is 10.00. The van der Waals surface area contributed by atoms with E-state index in [2.05, 4.69) is 9.71 Å². The molecule has 6 nitrogen and oxygen atoms in total. The van der Waals surface area contributed by atoms with Crippen molar-refractivity contribution in [3.05, 3.63) is 6.33 Å². The fourth-order valence-corrected chi connectivity index (χ4v) is 2.91. The van der Waals surface area contributed by atoms with Gasteiger partial charge in [-0.3, -0.25) is 0 Å². The first-order chi connectivity index (χ1) is 7.50. The molecule has 1 fully saturated rings. The third-order valence-corrected chi connectivity index (χ3v) is 4.30. The molecule has 0 aromatic carbocycles. The monoisotopic (exact) mass is 244 g/mol. The van der Waals surface area contributed by atoms with Crippen LogP contribution >= 0.6 is 0 Å². The van der Waals surface area contributed by atoms with Gasteiger partial charge in [0, 0.05) is 13.6 Å². The molecule has 16 heavy (non-hydrogen) atoms. The minimum atomic E-state index is -3.52. The fraction of sp³-hybridized carbons (Fsp3) is 0.667. The van der Waals surface area contributed by atoms with Gasteiger partial charge in [0.15, 0.2) is 10.8 Å². The Morgan fingerprint density at radius 2 is 2.31 bits per heavy atom. The molecule has 90 valence electrons. The Morgan fingerprint density at radius 1 is 1.62 bits per heavy atom. The van der Waals surface area contributed by atoms with E-state index in [9.17, 15) is 8.42 Å². The lowest BCUT2D eigenvalue weighted by Gasteiger charge is -2.07. The van der Waals surface area contributed by atoms with E-state index in [1.54, 1.807) is 7.05 Å². The molecule has 0 unspecified atom stereocenters. The quantitative estimate of drug-likeness (QED) is 0.767. The van der Waals surface area contributed by atoms with Gasteiger partial charge >= 0.3 is 0 Å². The van der Waals surface area contributed by atoms with Gasteiger partial charge in [-0.15, -0.1) is 0 Å². The van der Waals surface area contributed by atoms with Crippen LogP contribution in [0.2, 0.25) is 0 Å². The van der Waals surface area contributed by atoms with Crippen LogP contribution in [-0.2, 0) is 17.1 Å². The van der Waals surface area contributed by atoms with Gasteiger partial charge in [0.2, 0.25) is 0 Å². The largest absolute Gasteiger partial charge is 0.381 e. The molecule has 0 amide bonds. The number of hydrogen-bond acceptors (Lipinski definition) is 4. The molecule has 1 saturated carbocycles. The van der Waals surface area contributed by atoms with Crippen LogP contribution in [0.25, 0.3) is 0 Å². The molecule has 0 aliphatic heterocycles. The third kappa shape index (κ3) is 2.35. The van der Waals surface area contributed by atoms with Crippen LogP contribution in [0.4, 0.5) is 5.82 Å². The van der Waals surface area contributed by atoms with E-state index in [4.69, 9.17) is 5.73 Å². The first-order valence-corrected chi connectivity index (χ1v) is 6.75. The number of rotatable bonds is 5. The van der Waals surface area contributed by atoms with E-state index >= 15 is 0 Å². The molecule has 1 aromatic rings. The Labute approximate surface area is 94.9 Å². The average molecular weight is 244 g/mol. The highest BCUT2D eigenvalue weighted by Gasteiger charge is 2.24. The predicted octanol–water partition coefficient (Wildman–Crippen LogP) is 0.0807. The number of anilines is 1. The molecule has 1 aliphatic carbocycles. The number of nitrogen functional groups attached to an aromatic ring is 1. The van der Waals surface area contributed by atoms with Gasteiger partial charge in [-0.1, -0.05) is 12.8 Å². The van der Waals surface area contributed by atoms with Crippen molar-refractivity contribution in [2.45, 2.75) is 24.3 Å². The van der Waals surface area contributed by atoms with Crippen molar-refractivity contribution in [3.8, 4) is 0 Å². The van der Waals surface area contributed by atoms with Crippen LogP contribution < -0.4 is 10.5 Å². The summed E-state index contributed by atoms with van der Waals surface area (Å²) in [5.74, 6) is 0.744. The molecule has 0 bridgehead atoms. The third-order valence-electron chi connectivity index (χ3n) is 2.71. The van der Waals surface area contributed by atoms with Crippen molar-refractivity contribution in [2.75, 3.05) is 12.3 Å². The second kappa shape index (κ2) is 4.06. The average Bonchev–Trinajstić information content (AvgIpc) is 2.92. The zero-order chi connectivity index (χ0) is 11.8. The van der Waals surface area contributed by atoms with Gasteiger partial charge in [0.05, 0.1) is 6.33 Å². The molecular weight excluding hydrogens is 228 g/mol. The highest BCUT2D eigenvalue weighted by atomic mass is 32.2. The van der Waals surface area contributed by atoms with Gasteiger partial charge in [-0.05, 0) is 12.3 Å². The van der Waals surface area contributed by atoms with Crippen LogP contribution in [-0.4, -0.2) is 24.5 Å². The Bertz CT molecular complexity index is 456. The summed E-state index contributed by atoms with van der Waals surface area (Å²) in [6.07, 6.45) is 4.73. The normalized spacial score (nSPS) is 16.6. The van der Waals surface area contributed by atoms with E-state index in [-0.39, 0.29) is 10.8 Å². The maximum atomic E-state index is 11.9. The van der Waals surface area contributed by atoms with E-state index in [0.29, 0.717) is 12.5 Å². The predicted molar refractivity (Wildman–Crippen MR) is 60.1 cm³/mol. The van der Waals surface area contributed by atoms with Crippen molar-refractivity contribution in [1.29, 1.82) is 0 Å². The molecule has 0 radical (unpaired) electrons. The molecule has 0 saturated heterocycles. The van der Waals surface area contributed by atoms with E-state index in [0.717, 1.165) is 6.42 Å². The summed E-state index contributed by atoms with van der Waals surface area (Å²) in [6, 6.07) is 0. The van der Waals surface area contributed by atoms with Crippen LogP contribution in [0.5, 0.6) is 0 Å². The minimum Gasteiger partial charge on any atom is -0.381 e. The molecule has 2 rings (SSSR count). The summed E-state index contributed by atoms with van der Waals surface area (Å²) < 4.78 is 27.7. The summed E-state index contributed by atoms with van der Waals surface area (Å²) in [7, 11) is -1.91. The Hall–Kier alpha value is -1.08. The van der Waals surface area contributed by atoms with E-state index < -0.39 is 10.0 Å². The minimum absolute atomic E-state index is 0.0430. The summed E-state index contributed by atoms with van der Waals surface area (Å²) in [5, 5.41) is 0.0447. The van der Waals surface area contributed by atoms with Gasteiger partial charge in [-0.25, -0.2) is 18.1 Å². The lowest BCUT2D eigenvalue weighted by molar-refractivity contribution is 0.566. The van der Waals surface area contributed by atoms with Crippen molar-refractivity contribution in [3.63, 3.8) is 0 Å². The fourth-order valence-electron chi connectivity index (χ4n) is 1.64. The molecule has 0 spiro atoms. The molecule has 1 heterocycles. The van der Waals surface area contributed by atoms with Crippen LogP contribution in [0.15, 0.2) is 11.4 Å². The van der Waals surface area contributed by atoms with Crippen molar-refractivity contribution < 1.29 is 8.42 Å². The summed E-state index contributed by atoms with van der Waals surface area (Å²) >= 11 is 0. The summed E-state index contributed by atoms with van der Waals surface area (Å²) in [6.45, 7) is 0.470. The number of sulfonamides is 1. The number of nitrogens with one attached hydrogen (secondary N) is 1. The number of nitrogens with zero attached hydrogens (tertiary/aromatic N) is 2. The number of hydrogen-bond donors (Lipinski definition) is 2. The number of aryl methyl sites for hydroxylation is 1. The molecule has 1 aromatic heterocycles. The first kappa shape index (κ1) is 11.4. The topological polar surface area (TPSA) is 90.0 Å². The summed E-state index contributed by atoms with van der Waals surface area (Å²) in [5.41, 5.74) is 5.52. The lowest BCUT2D eigenvalue weighted by Crippen LogP contribution is -2.27. The second-order valence-electron chi connectivity index (χ2n) is 4.18. The zero-order valence-electron chi connectivity index (χ0n) is 9.18. The standard InChI is InChI=1S/C9H16N4O2S/c1-13-6-11-8(10)9(13)16(14,15)12-5-4-7-2-3-7/h6-7,12H,2-5,10H2,1H3. The summed E-state index contributed by atoms with van der Waals surface area (Å²) in [4.78, 5) is 3.76. The Morgan fingerprint density at radius 3 is 2.81 bits per heavy atom. The van der Waals surface area contributed by atoms with Crippen molar-refractivity contribution >= 4 is 15.8 Å². The van der Waals surface area contributed by atoms with Gasteiger partial charge in [0.25, 0.3) is 10.0 Å². The van der Waals surface area contributed by atoms with Crippen LogP contribution in [0, 0.1) is 5.92 Å². The molecule has 1 aliphatic rings. The SMILES string of the molecule is Cn1cnc(N)c1S(=O)(=O)NCCC1CC1. The lowest BCUT2D eigenvalue weighted by atomic mass is 10.3. The van der Waals surface area contributed by atoms with Crippen LogP contribution in [0.3, 0.4) is 0 Å². The molecular formula is C9H16N4O2S. The van der Waals surface area contributed by atoms with Gasteiger partial charge in [0.1, 0.15) is 0 Å². The number of nitrogens with two attached hydrogens (primary N) is 1. The highest BCUT2D eigenvalue weighted by Crippen LogP contribution is 2.31. The molecule has 7 heteroatoms. The Kier molecular flexibility index (Phi) is 2.90. The van der Waals surface area contributed by atoms with Crippen LogP contribution in [0.1, 0.15) is 19.3 Å². The van der Waals surface area contributed by atoms with E-state index in [1.165, 1.54) is 23.7 Å². The number of imidazole rings is 1. The first-order valence-electron chi connectivity index (χ1n) is 5.27. The van der Waals surface area contributed by atoms with Crippen molar-refractivity contribution in [1.82, 2.24) is 14.3 Å². The van der Waals surface area contributed by atoms with Gasteiger partial charge < -0.3 is 10.3 Å².